The minimum Gasteiger partial charge on any atom is -0.473 e. The SMILES string of the molecule is CC(O)COc1nc(-c2cnn3ccccc23)nc(O[C@@H]2CCCNC2)c1F. The highest BCUT2D eigenvalue weighted by Gasteiger charge is 2.24. The molecule has 0 saturated carbocycles. The molecule has 8 nitrogen and oxygen atoms in total. The number of pyridine rings is 1. The van der Waals surface area contributed by atoms with Crippen LogP contribution >= 0.6 is 0 Å². The van der Waals surface area contributed by atoms with E-state index in [4.69, 9.17) is 9.47 Å². The molecule has 1 unspecified atom stereocenters. The fourth-order valence-electron chi connectivity index (χ4n) is 3.09. The first-order valence-corrected chi connectivity index (χ1v) is 9.30. The summed E-state index contributed by atoms with van der Waals surface area (Å²) in [7, 11) is 0. The fraction of sp³-hybridized carbons (Fsp3) is 0.421. The Hall–Kier alpha value is -2.78. The van der Waals surface area contributed by atoms with Crippen LogP contribution in [0.1, 0.15) is 19.8 Å². The number of aliphatic hydroxyl groups excluding tert-OH is 1. The lowest BCUT2D eigenvalue weighted by molar-refractivity contribution is 0.113. The lowest BCUT2D eigenvalue weighted by Crippen LogP contribution is -2.37. The summed E-state index contributed by atoms with van der Waals surface area (Å²) in [6.45, 7) is 3.00. The highest BCUT2D eigenvalue weighted by atomic mass is 19.1. The van der Waals surface area contributed by atoms with Crippen molar-refractivity contribution in [3.63, 3.8) is 0 Å². The topological polar surface area (TPSA) is 93.8 Å². The lowest BCUT2D eigenvalue weighted by atomic mass is 10.1. The zero-order chi connectivity index (χ0) is 19.5. The van der Waals surface area contributed by atoms with E-state index < -0.39 is 11.9 Å². The van der Waals surface area contributed by atoms with Crippen LogP contribution in [0.2, 0.25) is 0 Å². The van der Waals surface area contributed by atoms with Crippen molar-refractivity contribution >= 4 is 5.52 Å². The highest BCUT2D eigenvalue weighted by molar-refractivity contribution is 5.75. The molecule has 0 bridgehead atoms. The number of aromatic nitrogens is 4. The molecule has 28 heavy (non-hydrogen) atoms. The molecule has 0 radical (unpaired) electrons. The van der Waals surface area contributed by atoms with E-state index >= 15 is 0 Å². The van der Waals surface area contributed by atoms with Crippen LogP contribution in [-0.4, -0.2) is 56.6 Å². The van der Waals surface area contributed by atoms with E-state index in [2.05, 4.69) is 20.4 Å². The largest absolute Gasteiger partial charge is 0.473 e. The number of halogens is 1. The zero-order valence-corrected chi connectivity index (χ0v) is 15.5. The van der Waals surface area contributed by atoms with Crippen LogP contribution in [0.15, 0.2) is 30.6 Å². The maximum absolute atomic E-state index is 14.9. The second-order valence-corrected chi connectivity index (χ2v) is 6.81. The van der Waals surface area contributed by atoms with Crippen molar-refractivity contribution in [3.8, 4) is 23.1 Å². The van der Waals surface area contributed by atoms with E-state index in [1.807, 2.05) is 18.2 Å². The van der Waals surface area contributed by atoms with Gasteiger partial charge in [-0.25, -0.2) is 4.52 Å². The first-order valence-electron chi connectivity index (χ1n) is 9.30. The standard InChI is InChI=1S/C19H22FN5O3/c1-12(26)11-27-18-16(20)19(28-13-5-4-7-21-9-13)24-17(23-18)14-10-22-25-8-3-2-6-15(14)25/h2-3,6,8,10,12-13,21,26H,4-5,7,9,11H2,1H3/t12?,13-/m1/s1. The van der Waals surface area contributed by atoms with Gasteiger partial charge in [0.25, 0.3) is 11.8 Å². The molecule has 0 aliphatic carbocycles. The average Bonchev–Trinajstić information content (AvgIpc) is 3.13. The first kappa shape index (κ1) is 18.6. The van der Waals surface area contributed by atoms with Crippen molar-refractivity contribution in [1.29, 1.82) is 0 Å². The van der Waals surface area contributed by atoms with E-state index in [9.17, 15) is 9.50 Å². The maximum Gasteiger partial charge on any atom is 0.258 e. The van der Waals surface area contributed by atoms with Gasteiger partial charge in [0.2, 0.25) is 5.82 Å². The molecule has 9 heteroatoms. The Morgan fingerprint density at radius 1 is 1.36 bits per heavy atom. The Labute approximate surface area is 161 Å². The fourth-order valence-corrected chi connectivity index (χ4v) is 3.09. The Kier molecular flexibility index (Phi) is 5.36. The normalized spacial score (nSPS) is 18.2. The Morgan fingerprint density at radius 2 is 2.21 bits per heavy atom. The van der Waals surface area contributed by atoms with Crippen LogP contribution < -0.4 is 14.8 Å². The molecular formula is C19H22FN5O3. The van der Waals surface area contributed by atoms with Gasteiger partial charge < -0.3 is 19.9 Å². The predicted octanol–water partition coefficient (Wildman–Crippen LogP) is 1.82. The van der Waals surface area contributed by atoms with Gasteiger partial charge in [-0.05, 0) is 38.4 Å². The summed E-state index contributed by atoms with van der Waals surface area (Å²) in [5.41, 5.74) is 1.41. The number of fused-ring (bicyclic) bond motifs is 1. The number of ether oxygens (including phenoxy) is 2. The van der Waals surface area contributed by atoms with E-state index in [1.54, 1.807) is 23.8 Å². The lowest BCUT2D eigenvalue weighted by Gasteiger charge is -2.24. The van der Waals surface area contributed by atoms with Crippen LogP contribution in [0.4, 0.5) is 4.39 Å². The van der Waals surface area contributed by atoms with Gasteiger partial charge >= 0.3 is 0 Å². The molecule has 148 valence electrons. The third kappa shape index (κ3) is 3.90. The number of nitrogens with zero attached hydrogens (tertiary/aromatic N) is 4. The summed E-state index contributed by atoms with van der Waals surface area (Å²) < 4.78 is 27.8. The third-order valence-electron chi connectivity index (χ3n) is 4.45. The summed E-state index contributed by atoms with van der Waals surface area (Å²) in [6.07, 6.45) is 4.24. The maximum atomic E-state index is 14.9. The molecular weight excluding hydrogens is 365 g/mol. The number of nitrogens with one attached hydrogen (secondary N) is 1. The van der Waals surface area contributed by atoms with Gasteiger partial charge in [0.15, 0.2) is 5.82 Å². The van der Waals surface area contributed by atoms with Crippen LogP contribution in [0.5, 0.6) is 11.8 Å². The molecule has 1 fully saturated rings. The zero-order valence-electron chi connectivity index (χ0n) is 15.5. The van der Waals surface area contributed by atoms with Gasteiger partial charge in [-0.1, -0.05) is 6.07 Å². The number of aliphatic hydroxyl groups is 1. The van der Waals surface area contributed by atoms with Gasteiger partial charge in [-0.2, -0.15) is 19.5 Å². The molecule has 4 rings (SSSR count). The number of hydrogen-bond acceptors (Lipinski definition) is 7. The first-order chi connectivity index (χ1) is 13.6. The smallest absolute Gasteiger partial charge is 0.258 e. The van der Waals surface area contributed by atoms with Gasteiger partial charge in [0, 0.05) is 12.7 Å². The Morgan fingerprint density at radius 3 is 3.00 bits per heavy atom. The van der Waals surface area contributed by atoms with E-state index in [0.29, 0.717) is 12.1 Å². The minimum absolute atomic E-state index is 0.0907. The van der Waals surface area contributed by atoms with E-state index in [1.165, 1.54) is 0 Å². The van der Waals surface area contributed by atoms with Crippen molar-refractivity contribution in [3.05, 3.63) is 36.4 Å². The summed E-state index contributed by atoms with van der Waals surface area (Å²) in [4.78, 5) is 8.54. The Bertz CT molecular complexity index is 956. The van der Waals surface area contributed by atoms with Crippen LogP contribution in [0.3, 0.4) is 0 Å². The van der Waals surface area contributed by atoms with Crippen molar-refractivity contribution in [2.45, 2.75) is 32.0 Å². The van der Waals surface area contributed by atoms with Crippen molar-refractivity contribution < 1.29 is 19.0 Å². The van der Waals surface area contributed by atoms with Gasteiger partial charge in [0.1, 0.15) is 12.7 Å². The van der Waals surface area contributed by atoms with Crippen LogP contribution in [0.25, 0.3) is 16.9 Å². The molecule has 2 atom stereocenters. The summed E-state index contributed by atoms with van der Waals surface area (Å²) in [5, 5.41) is 17.0. The molecule has 1 saturated heterocycles. The van der Waals surface area contributed by atoms with Gasteiger partial charge in [0.05, 0.1) is 23.4 Å². The molecule has 2 N–H and O–H groups in total. The van der Waals surface area contributed by atoms with Crippen molar-refractivity contribution in [1.82, 2.24) is 24.9 Å². The molecule has 0 aromatic carbocycles. The molecule has 4 heterocycles. The molecule has 1 aliphatic heterocycles. The molecule has 1 aliphatic rings. The average molecular weight is 387 g/mol. The third-order valence-corrected chi connectivity index (χ3v) is 4.45. The van der Waals surface area contributed by atoms with Gasteiger partial charge in [-0.15, -0.1) is 0 Å². The minimum atomic E-state index is -0.772. The number of rotatable bonds is 6. The second kappa shape index (κ2) is 8.07. The summed E-state index contributed by atoms with van der Waals surface area (Å²) >= 11 is 0. The molecule has 3 aromatic rings. The van der Waals surface area contributed by atoms with Crippen molar-refractivity contribution in [2.24, 2.45) is 0 Å². The predicted molar refractivity (Wildman–Crippen MR) is 99.9 cm³/mol. The monoisotopic (exact) mass is 387 g/mol. The van der Waals surface area contributed by atoms with Gasteiger partial charge in [-0.3, -0.25) is 0 Å². The van der Waals surface area contributed by atoms with Crippen molar-refractivity contribution in [2.75, 3.05) is 19.7 Å². The molecule has 0 spiro atoms. The quantitative estimate of drug-likeness (QED) is 0.666. The second-order valence-electron chi connectivity index (χ2n) is 6.81. The van der Waals surface area contributed by atoms with E-state index in [-0.39, 0.29) is 30.3 Å². The molecule has 0 amide bonds. The number of piperidine rings is 1. The molecule has 3 aromatic heterocycles. The van der Waals surface area contributed by atoms with Crippen LogP contribution in [0, 0.1) is 5.82 Å². The summed E-state index contributed by atoms with van der Waals surface area (Å²) in [6, 6.07) is 5.61. The van der Waals surface area contributed by atoms with E-state index in [0.717, 1.165) is 24.9 Å². The number of hydrogen-bond donors (Lipinski definition) is 2. The van der Waals surface area contributed by atoms with Crippen LogP contribution in [-0.2, 0) is 0 Å². The Balaban J connectivity index is 1.74. The summed E-state index contributed by atoms with van der Waals surface area (Å²) in [5.74, 6) is -0.928. The highest BCUT2D eigenvalue weighted by Crippen LogP contribution is 2.30.